The molecule has 0 aliphatic heterocycles. The Balaban J connectivity index is 2.93. The van der Waals surface area contributed by atoms with E-state index in [1.807, 2.05) is 26.8 Å². The SMILES string of the molecule is CC(=O)OC(C)c1cc(C)ccc1C. The maximum atomic E-state index is 10.8. The Bertz CT molecular complexity index is 342. The average Bonchev–Trinajstić information content (AvgIpc) is 2.08. The van der Waals surface area contributed by atoms with Crippen LogP contribution in [-0.2, 0) is 9.53 Å². The summed E-state index contributed by atoms with van der Waals surface area (Å²) in [5.41, 5.74) is 3.43. The topological polar surface area (TPSA) is 26.3 Å². The second kappa shape index (κ2) is 4.27. The number of hydrogen-bond donors (Lipinski definition) is 0. The molecular formula is C12H16O2. The molecule has 1 aromatic carbocycles. The van der Waals surface area contributed by atoms with Gasteiger partial charge in [-0.2, -0.15) is 0 Å². The minimum atomic E-state index is -0.238. The molecule has 0 saturated carbocycles. The van der Waals surface area contributed by atoms with Crippen LogP contribution >= 0.6 is 0 Å². The molecular weight excluding hydrogens is 176 g/mol. The van der Waals surface area contributed by atoms with Crippen molar-refractivity contribution in [2.75, 3.05) is 0 Å². The van der Waals surface area contributed by atoms with E-state index < -0.39 is 0 Å². The lowest BCUT2D eigenvalue weighted by Crippen LogP contribution is -2.06. The molecule has 0 bridgehead atoms. The summed E-state index contributed by atoms with van der Waals surface area (Å²) < 4.78 is 5.13. The van der Waals surface area contributed by atoms with Gasteiger partial charge in [0.05, 0.1) is 0 Å². The van der Waals surface area contributed by atoms with Gasteiger partial charge in [0, 0.05) is 6.92 Å². The summed E-state index contributed by atoms with van der Waals surface area (Å²) in [6.07, 6.45) is -0.160. The lowest BCUT2D eigenvalue weighted by atomic mass is 10.0. The van der Waals surface area contributed by atoms with Crippen LogP contribution in [0.2, 0.25) is 0 Å². The Morgan fingerprint density at radius 1 is 1.36 bits per heavy atom. The zero-order valence-corrected chi connectivity index (χ0v) is 9.13. The van der Waals surface area contributed by atoms with Crippen LogP contribution in [-0.4, -0.2) is 5.97 Å². The summed E-state index contributed by atoms with van der Waals surface area (Å²) in [6, 6.07) is 6.16. The number of hydrogen-bond acceptors (Lipinski definition) is 2. The molecule has 76 valence electrons. The molecule has 14 heavy (non-hydrogen) atoms. The lowest BCUT2D eigenvalue weighted by molar-refractivity contribution is -0.145. The van der Waals surface area contributed by atoms with Crippen LogP contribution in [0, 0.1) is 13.8 Å². The Hall–Kier alpha value is -1.31. The standard InChI is InChI=1S/C12H16O2/c1-8-5-6-9(2)12(7-8)10(3)14-11(4)13/h5-7,10H,1-4H3. The number of carbonyl (C=O) groups is 1. The minimum absolute atomic E-state index is 0.160. The number of ether oxygens (including phenoxy) is 1. The fourth-order valence-corrected chi connectivity index (χ4v) is 1.51. The first-order valence-electron chi connectivity index (χ1n) is 4.75. The van der Waals surface area contributed by atoms with Gasteiger partial charge in [0.15, 0.2) is 0 Å². The lowest BCUT2D eigenvalue weighted by Gasteiger charge is -2.15. The summed E-state index contributed by atoms with van der Waals surface area (Å²) >= 11 is 0. The molecule has 0 heterocycles. The highest BCUT2D eigenvalue weighted by atomic mass is 16.5. The molecule has 2 heteroatoms. The quantitative estimate of drug-likeness (QED) is 0.673. The fraction of sp³-hybridized carbons (Fsp3) is 0.417. The van der Waals surface area contributed by atoms with Crippen LogP contribution in [0.1, 0.15) is 36.6 Å². The molecule has 1 rings (SSSR count). The molecule has 2 nitrogen and oxygen atoms in total. The van der Waals surface area contributed by atoms with Crippen molar-refractivity contribution in [2.24, 2.45) is 0 Å². The first kappa shape index (κ1) is 10.8. The summed E-state index contributed by atoms with van der Waals surface area (Å²) in [7, 11) is 0. The molecule has 1 atom stereocenters. The smallest absolute Gasteiger partial charge is 0.303 e. The summed E-state index contributed by atoms with van der Waals surface area (Å²) in [5, 5.41) is 0. The van der Waals surface area contributed by atoms with Gasteiger partial charge >= 0.3 is 5.97 Å². The van der Waals surface area contributed by atoms with Crippen LogP contribution in [0.4, 0.5) is 0 Å². The highest BCUT2D eigenvalue weighted by Gasteiger charge is 2.10. The summed E-state index contributed by atoms with van der Waals surface area (Å²) in [5.74, 6) is -0.238. The molecule has 0 aliphatic rings. The van der Waals surface area contributed by atoms with E-state index in [9.17, 15) is 4.79 Å². The van der Waals surface area contributed by atoms with Crippen molar-refractivity contribution in [1.82, 2.24) is 0 Å². The third kappa shape index (κ3) is 2.59. The Kier molecular flexibility index (Phi) is 3.28. The van der Waals surface area contributed by atoms with Gasteiger partial charge < -0.3 is 4.74 Å². The van der Waals surface area contributed by atoms with E-state index in [1.165, 1.54) is 12.5 Å². The molecule has 1 unspecified atom stereocenters. The maximum Gasteiger partial charge on any atom is 0.303 e. The largest absolute Gasteiger partial charge is 0.458 e. The number of esters is 1. The molecule has 0 aromatic heterocycles. The van der Waals surface area contributed by atoms with E-state index >= 15 is 0 Å². The van der Waals surface area contributed by atoms with Gasteiger partial charge in [0.2, 0.25) is 0 Å². The Morgan fingerprint density at radius 3 is 2.57 bits per heavy atom. The number of rotatable bonds is 2. The number of benzene rings is 1. The molecule has 0 amide bonds. The molecule has 0 aliphatic carbocycles. The van der Waals surface area contributed by atoms with Gasteiger partial charge in [0.1, 0.15) is 6.10 Å². The van der Waals surface area contributed by atoms with E-state index in [1.54, 1.807) is 0 Å². The molecule has 1 aromatic rings. The van der Waals surface area contributed by atoms with Crippen molar-refractivity contribution in [3.05, 3.63) is 34.9 Å². The monoisotopic (exact) mass is 192 g/mol. The third-order valence-electron chi connectivity index (χ3n) is 2.22. The normalized spacial score (nSPS) is 12.3. The number of aryl methyl sites for hydroxylation is 2. The second-order valence-corrected chi connectivity index (χ2v) is 3.61. The number of carbonyl (C=O) groups excluding carboxylic acids is 1. The first-order chi connectivity index (χ1) is 6.50. The van der Waals surface area contributed by atoms with Gasteiger partial charge in [0.25, 0.3) is 0 Å². The van der Waals surface area contributed by atoms with Crippen molar-refractivity contribution in [2.45, 2.75) is 33.8 Å². The van der Waals surface area contributed by atoms with Crippen LogP contribution in [0.3, 0.4) is 0 Å². The fourth-order valence-electron chi connectivity index (χ4n) is 1.51. The van der Waals surface area contributed by atoms with Crippen LogP contribution in [0.25, 0.3) is 0 Å². The van der Waals surface area contributed by atoms with Crippen molar-refractivity contribution in [1.29, 1.82) is 0 Å². The molecule has 0 radical (unpaired) electrons. The van der Waals surface area contributed by atoms with E-state index in [0.717, 1.165) is 11.1 Å². The van der Waals surface area contributed by atoms with E-state index in [-0.39, 0.29) is 12.1 Å². The summed E-state index contributed by atoms with van der Waals surface area (Å²) in [6.45, 7) is 7.38. The van der Waals surface area contributed by atoms with Crippen molar-refractivity contribution >= 4 is 5.97 Å². The molecule has 0 spiro atoms. The zero-order valence-electron chi connectivity index (χ0n) is 9.13. The van der Waals surface area contributed by atoms with Crippen LogP contribution < -0.4 is 0 Å². The van der Waals surface area contributed by atoms with Crippen molar-refractivity contribution in [3.63, 3.8) is 0 Å². The first-order valence-corrected chi connectivity index (χ1v) is 4.75. The average molecular weight is 192 g/mol. The predicted octanol–water partition coefficient (Wildman–Crippen LogP) is 2.93. The van der Waals surface area contributed by atoms with Gasteiger partial charge in [-0.1, -0.05) is 23.8 Å². The van der Waals surface area contributed by atoms with Gasteiger partial charge in [-0.3, -0.25) is 4.79 Å². The van der Waals surface area contributed by atoms with E-state index in [0.29, 0.717) is 0 Å². The van der Waals surface area contributed by atoms with Gasteiger partial charge in [-0.15, -0.1) is 0 Å². The van der Waals surface area contributed by atoms with Crippen molar-refractivity contribution in [3.8, 4) is 0 Å². The van der Waals surface area contributed by atoms with Crippen LogP contribution in [0.5, 0.6) is 0 Å². The second-order valence-electron chi connectivity index (χ2n) is 3.61. The van der Waals surface area contributed by atoms with Crippen molar-refractivity contribution < 1.29 is 9.53 Å². The zero-order chi connectivity index (χ0) is 10.7. The highest BCUT2D eigenvalue weighted by molar-refractivity contribution is 5.66. The maximum absolute atomic E-state index is 10.8. The molecule has 0 N–H and O–H groups in total. The Morgan fingerprint density at radius 2 is 2.00 bits per heavy atom. The van der Waals surface area contributed by atoms with E-state index in [2.05, 4.69) is 12.1 Å². The molecule has 0 saturated heterocycles. The van der Waals surface area contributed by atoms with Gasteiger partial charge in [-0.25, -0.2) is 0 Å². The Labute approximate surface area is 84.9 Å². The minimum Gasteiger partial charge on any atom is -0.458 e. The highest BCUT2D eigenvalue weighted by Crippen LogP contribution is 2.21. The van der Waals surface area contributed by atoms with Gasteiger partial charge in [-0.05, 0) is 31.9 Å². The molecule has 0 fully saturated rings. The predicted molar refractivity (Wildman–Crippen MR) is 56.1 cm³/mol. The van der Waals surface area contributed by atoms with E-state index in [4.69, 9.17) is 4.74 Å². The van der Waals surface area contributed by atoms with Crippen LogP contribution in [0.15, 0.2) is 18.2 Å². The third-order valence-corrected chi connectivity index (χ3v) is 2.22. The summed E-state index contributed by atoms with van der Waals surface area (Å²) in [4.78, 5) is 10.8.